The van der Waals surface area contributed by atoms with Crippen molar-refractivity contribution < 1.29 is 0 Å². The molecule has 0 nitrogen and oxygen atoms in total. The predicted molar refractivity (Wildman–Crippen MR) is 37.6 cm³/mol. The standard InChI is InChI=1S/C7H8Cl/c1-2-3-4-5-6-7-8/h2-6H,1H3/q+1/b3-2+,5-4+. The van der Waals surface area contributed by atoms with Crippen LogP contribution in [0.5, 0.6) is 0 Å². The molecule has 0 radical (unpaired) electrons. The highest BCUT2D eigenvalue weighted by Gasteiger charge is 1.69. The van der Waals surface area contributed by atoms with E-state index in [4.69, 9.17) is 11.6 Å². The van der Waals surface area contributed by atoms with Crippen LogP contribution in [0.1, 0.15) is 6.92 Å². The van der Waals surface area contributed by atoms with Crippen molar-refractivity contribution in [1.82, 2.24) is 0 Å². The second kappa shape index (κ2) is 6.42. The third-order valence-corrected chi connectivity index (χ3v) is 0.700. The fourth-order valence-corrected chi connectivity index (χ4v) is 0.340. The molecule has 0 N–H and O–H groups in total. The zero-order valence-corrected chi connectivity index (χ0v) is 5.52. The normalized spacial score (nSPS) is 11.8. The minimum atomic E-state index is 1.64. The van der Waals surface area contributed by atoms with Crippen molar-refractivity contribution in [1.29, 1.82) is 0 Å². The van der Waals surface area contributed by atoms with E-state index in [1.165, 1.54) is 0 Å². The third kappa shape index (κ3) is 5.42. The zero-order chi connectivity index (χ0) is 6.24. The molecule has 0 fully saturated rings. The molecule has 42 valence electrons. The van der Waals surface area contributed by atoms with E-state index in [0.717, 1.165) is 0 Å². The summed E-state index contributed by atoms with van der Waals surface area (Å²) in [6, 6.07) is 0. The van der Waals surface area contributed by atoms with E-state index >= 15 is 0 Å². The van der Waals surface area contributed by atoms with Gasteiger partial charge in [-0.1, -0.05) is 6.08 Å². The monoisotopic (exact) mass is 127 g/mol. The molecule has 0 aromatic carbocycles. The Hall–Kier alpha value is -0.580. The molecule has 0 unspecified atom stereocenters. The van der Waals surface area contributed by atoms with E-state index in [0.29, 0.717) is 0 Å². The van der Waals surface area contributed by atoms with Gasteiger partial charge in [0.05, 0.1) is 6.08 Å². The average molecular weight is 128 g/mol. The Morgan fingerprint density at radius 3 is 2.50 bits per heavy atom. The molecule has 1 heteroatoms. The minimum Gasteiger partial charge on any atom is -0.0859 e. The predicted octanol–water partition coefficient (Wildman–Crippen LogP) is 2.67. The lowest BCUT2D eigenvalue weighted by molar-refractivity contribution is 1.73. The molecule has 0 rings (SSSR count). The lowest BCUT2D eigenvalue weighted by Gasteiger charge is -1.58. The fourth-order valence-electron chi connectivity index (χ4n) is 0.267. The third-order valence-electron chi connectivity index (χ3n) is 0.574. The Kier molecular flexibility index (Phi) is 5.95. The Balaban J connectivity index is 3.35. The lowest BCUT2D eigenvalue weighted by Crippen LogP contribution is -1.45. The lowest BCUT2D eigenvalue weighted by atomic mass is 10.4. The summed E-state index contributed by atoms with van der Waals surface area (Å²) in [6.07, 6.45) is 9.20. The Labute approximate surface area is 55.2 Å². The first-order chi connectivity index (χ1) is 3.91. The molecule has 0 aromatic rings. The van der Waals surface area contributed by atoms with Gasteiger partial charge < -0.3 is 0 Å². The summed E-state index contributed by atoms with van der Waals surface area (Å²) >= 11 is 5.10. The number of allylic oxidation sites excluding steroid dienone is 5. The highest BCUT2D eigenvalue weighted by Crippen LogP contribution is 1.80. The van der Waals surface area contributed by atoms with Gasteiger partial charge in [-0.3, -0.25) is 0 Å². The molecular weight excluding hydrogens is 120 g/mol. The largest absolute Gasteiger partial charge is 0.186 e. The maximum atomic E-state index is 5.10. The summed E-state index contributed by atoms with van der Waals surface area (Å²) in [5, 5.41) is 0. The van der Waals surface area contributed by atoms with E-state index < -0.39 is 0 Å². The van der Waals surface area contributed by atoms with Crippen LogP contribution in [-0.2, 0) is 0 Å². The second-order valence-corrected chi connectivity index (χ2v) is 1.40. The van der Waals surface area contributed by atoms with Gasteiger partial charge in [-0.2, -0.15) is 0 Å². The van der Waals surface area contributed by atoms with Crippen molar-refractivity contribution in [3.8, 4) is 0 Å². The number of hydrogen-bond donors (Lipinski definition) is 0. The molecule has 0 atom stereocenters. The van der Waals surface area contributed by atoms with E-state index in [1.807, 2.05) is 31.2 Å². The number of halogens is 1. The zero-order valence-electron chi connectivity index (χ0n) is 4.76. The molecule has 0 bridgehead atoms. The smallest absolute Gasteiger partial charge is 0.0859 e. The van der Waals surface area contributed by atoms with Crippen LogP contribution in [0.25, 0.3) is 0 Å². The topological polar surface area (TPSA) is 0 Å². The Morgan fingerprint density at radius 2 is 2.00 bits per heavy atom. The molecule has 0 saturated heterocycles. The first kappa shape index (κ1) is 7.42. The van der Waals surface area contributed by atoms with Gasteiger partial charge in [0.1, 0.15) is 11.6 Å². The van der Waals surface area contributed by atoms with E-state index in [2.05, 4.69) is 5.54 Å². The van der Waals surface area contributed by atoms with Gasteiger partial charge in [-0.05, 0) is 13.0 Å². The van der Waals surface area contributed by atoms with Crippen LogP contribution in [-0.4, -0.2) is 0 Å². The summed E-state index contributed by atoms with van der Waals surface area (Å²) in [5.74, 6) is 0. The highest BCUT2D eigenvalue weighted by molar-refractivity contribution is 6.22. The average Bonchev–Trinajstić information content (AvgIpc) is 1.81. The molecule has 8 heavy (non-hydrogen) atoms. The number of rotatable bonds is 2. The summed E-state index contributed by atoms with van der Waals surface area (Å²) in [7, 11) is 0. The maximum Gasteiger partial charge on any atom is 0.186 e. The van der Waals surface area contributed by atoms with Crippen LogP contribution < -0.4 is 0 Å². The van der Waals surface area contributed by atoms with Gasteiger partial charge in [0.2, 0.25) is 0 Å². The van der Waals surface area contributed by atoms with Gasteiger partial charge >= 0.3 is 0 Å². The van der Waals surface area contributed by atoms with Gasteiger partial charge in [0.15, 0.2) is 11.6 Å². The summed E-state index contributed by atoms with van der Waals surface area (Å²) in [6.45, 7) is 1.96. The van der Waals surface area contributed by atoms with Crippen molar-refractivity contribution in [2.75, 3.05) is 0 Å². The van der Waals surface area contributed by atoms with Gasteiger partial charge in [0.25, 0.3) is 0 Å². The summed E-state index contributed by atoms with van der Waals surface area (Å²) < 4.78 is 0. The number of hydrogen-bond acceptors (Lipinski definition) is 0. The van der Waals surface area contributed by atoms with E-state index in [9.17, 15) is 0 Å². The molecule has 0 heterocycles. The Morgan fingerprint density at radius 1 is 1.25 bits per heavy atom. The first-order valence-electron chi connectivity index (χ1n) is 2.39. The Bertz CT molecular complexity index is 95.6. The molecule has 0 aliphatic carbocycles. The van der Waals surface area contributed by atoms with Crippen molar-refractivity contribution in [3.05, 3.63) is 35.9 Å². The molecule has 0 amide bonds. The molecule has 0 aromatic heterocycles. The molecule has 0 aliphatic heterocycles. The fraction of sp³-hybridized carbons (Fsp3) is 0.143. The molecular formula is C7H8Cl+. The quantitative estimate of drug-likeness (QED) is 0.395. The van der Waals surface area contributed by atoms with Crippen LogP contribution in [0.4, 0.5) is 0 Å². The van der Waals surface area contributed by atoms with Crippen molar-refractivity contribution in [3.63, 3.8) is 0 Å². The first-order valence-corrected chi connectivity index (χ1v) is 2.77. The van der Waals surface area contributed by atoms with Gasteiger partial charge in [-0.15, -0.1) is 0 Å². The van der Waals surface area contributed by atoms with Crippen molar-refractivity contribution in [2.24, 2.45) is 0 Å². The second-order valence-electron chi connectivity index (χ2n) is 1.19. The highest BCUT2D eigenvalue weighted by atomic mass is 35.5. The van der Waals surface area contributed by atoms with Crippen LogP contribution in [0.2, 0.25) is 0 Å². The summed E-state index contributed by atoms with van der Waals surface area (Å²) in [5.41, 5.74) is 2.35. The van der Waals surface area contributed by atoms with Crippen molar-refractivity contribution in [2.45, 2.75) is 6.92 Å². The summed E-state index contributed by atoms with van der Waals surface area (Å²) in [4.78, 5) is 0. The van der Waals surface area contributed by atoms with Crippen LogP contribution in [0.15, 0.2) is 30.4 Å². The molecule has 0 aliphatic rings. The maximum absolute atomic E-state index is 5.10. The molecule has 0 spiro atoms. The van der Waals surface area contributed by atoms with Crippen LogP contribution in [0.3, 0.4) is 0 Å². The van der Waals surface area contributed by atoms with Gasteiger partial charge in [0, 0.05) is 6.08 Å². The van der Waals surface area contributed by atoms with Gasteiger partial charge in [-0.25, -0.2) is 0 Å². The van der Waals surface area contributed by atoms with Crippen molar-refractivity contribution >= 4 is 11.6 Å². The molecule has 0 saturated carbocycles. The van der Waals surface area contributed by atoms with Crippen LogP contribution >= 0.6 is 11.6 Å². The van der Waals surface area contributed by atoms with Crippen LogP contribution in [0, 0.1) is 5.54 Å². The minimum absolute atomic E-state index is 1.64. The van der Waals surface area contributed by atoms with E-state index in [-0.39, 0.29) is 0 Å². The SMILES string of the molecule is C/C=C/C=C/C=[C+]Cl. The van der Waals surface area contributed by atoms with E-state index in [1.54, 1.807) is 6.08 Å².